The van der Waals surface area contributed by atoms with Crippen LogP contribution in [0.4, 0.5) is 5.13 Å². The van der Waals surface area contributed by atoms with E-state index in [1.165, 1.54) is 16.2 Å². The SMILES string of the molecule is COCCCNC(=O)CN1Cc2nc(N)sc2C1. The van der Waals surface area contributed by atoms with Crippen LogP contribution in [0.5, 0.6) is 0 Å². The molecule has 0 spiro atoms. The highest BCUT2D eigenvalue weighted by Gasteiger charge is 2.24. The normalized spacial score (nSPS) is 14.7. The van der Waals surface area contributed by atoms with Gasteiger partial charge in [0.2, 0.25) is 5.91 Å². The molecular formula is C11H18N4O2S. The average molecular weight is 270 g/mol. The molecule has 0 saturated carbocycles. The molecule has 0 unspecified atom stereocenters. The van der Waals surface area contributed by atoms with Gasteiger partial charge in [0.05, 0.1) is 12.2 Å². The highest BCUT2D eigenvalue weighted by atomic mass is 32.1. The number of hydrogen-bond acceptors (Lipinski definition) is 6. The number of ether oxygens (including phenoxy) is 1. The summed E-state index contributed by atoms with van der Waals surface area (Å²) in [4.78, 5) is 19.2. The van der Waals surface area contributed by atoms with Gasteiger partial charge in [-0.1, -0.05) is 0 Å². The third-order valence-corrected chi connectivity index (χ3v) is 3.66. The third-order valence-electron chi connectivity index (χ3n) is 2.75. The number of nitrogen functional groups attached to an aromatic ring is 1. The molecule has 1 aromatic rings. The van der Waals surface area contributed by atoms with Gasteiger partial charge in [-0.3, -0.25) is 9.69 Å². The lowest BCUT2D eigenvalue weighted by molar-refractivity contribution is -0.122. The molecule has 1 aliphatic rings. The van der Waals surface area contributed by atoms with Crippen LogP contribution >= 0.6 is 11.3 Å². The quantitative estimate of drug-likeness (QED) is 0.721. The summed E-state index contributed by atoms with van der Waals surface area (Å²) < 4.78 is 4.92. The Morgan fingerprint density at radius 2 is 2.44 bits per heavy atom. The van der Waals surface area contributed by atoms with Gasteiger partial charge < -0.3 is 15.8 Å². The molecule has 1 aromatic heterocycles. The van der Waals surface area contributed by atoms with Crippen molar-refractivity contribution >= 4 is 22.4 Å². The van der Waals surface area contributed by atoms with Crippen LogP contribution in [0.25, 0.3) is 0 Å². The number of carbonyl (C=O) groups excluding carboxylic acids is 1. The first-order valence-electron chi connectivity index (χ1n) is 5.91. The lowest BCUT2D eigenvalue weighted by Crippen LogP contribution is -2.35. The number of nitrogens with one attached hydrogen (secondary N) is 1. The number of hydrogen-bond donors (Lipinski definition) is 2. The summed E-state index contributed by atoms with van der Waals surface area (Å²) in [7, 11) is 1.66. The molecule has 1 aliphatic heterocycles. The highest BCUT2D eigenvalue weighted by molar-refractivity contribution is 7.15. The van der Waals surface area contributed by atoms with E-state index in [2.05, 4.69) is 15.2 Å². The molecule has 1 amide bonds. The van der Waals surface area contributed by atoms with Crippen LogP contribution in [-0.2, 0) is 22.6 Å². The molecular weight excluding hydrogens is 252 g/mol. The Morgan fingerprint density at radius 3 is 3.17 bits per heavy atom. The van der Waals surface area contributed by atoms with E-state index < -0.39 is 0 Å². The van der Waals surface area contributed by atoms with Gasteiger partial charge >= 0.3 is 0 Å². The van der Waals surface area contributed by atoms with E-state index in [1.54, 1.807) is 7.11 Å². The average Bonchev–Trinajstić information content (AvgIpc) is 2.81. The van der Waals surface area contributed by atoms with Crippen LogP contribution in [-0.4, -0.2) is 42.6 Å². The maximum atomic E-state index is 11.7. The number of nitrogens with zero attached hydrogens (tertiary/aromatic N) is 2. The van der Waals surface area contributed by atoms with Crippen molar-refractivity contribution in [2.45, 2.75) is 19.5 Å². The Bertz CT molecular complexity index is 398. The molecule has 100 valence electrons. The first-order chi connectivity index (χ1) is 8.69. The second kappa shape index (κ2) is 6.12. The van der Waals surface area contributed by atoms with Crippen molar-refractivity contribution in [2.24, 2.45) is 0 Å². The van der Waals surface area contributed by atoms with E-state index in [9.17, 15) is 4.79 Å². The summed E-state index contributed by atoms with van der Waals surface area (Å²) in [6.07, 6.45) is 0.841. The van der Waals surface area contributed by atoms with Gasteiger partial charge in [-0.25, -0.2) is 4.98 Å². The number of thiazole rings is 1. The molecule has 18 heavy (non-hydrogen) atoms. The maximum Gasteiger partial charge on any atom is 0.234 e. The highest BCUT2D eigenvalue weighted by Crippen LogP contribution is 2.28. The van der Waals surface area contributed by atoms with E-state index >= 15 is 0 Å². The summed E-state index contributed by atoms with van der Waals surface area (Å²) in [5.74, 6) is 0.0502. The third kappa shape index (κ3) is 3.41. The van der Waals surface area contributed by atoms with E-state index in [1.807, 2.05) is 0 Å². The first kappa shape index (κ1) is 13.3. The fourth-order valence-electron chi connectivity index (χ4n) is 1.94. The number of aromatic nitrogens is 1. The van der Waals surface area contributed by atoms with Crippen LogP contribution in [0.15, 0.2) is 0 Å². The van der Waals surface area contributed by atoms with Crippen molar-refractivity contribution in [2.75, 3.05) is 32.5 Å². The van der Waals surface area contributed by atoms with Crippen molar-refractivity contribution in [3.8, 4) is 0 Å². The van der Waals surface area contributed by atoms with E-state index in [4.69, 9.17) is 10.5 Å². The Labute approximate surface area is 110 Å². The Morgan fingerprint density at radius 1 is 1.61 bits per heavy atom. The maximum absolute atomic E-state index is 11.7. The summed E-state index contributed by atoms with van der Waals surface area (Å²) in [6.45, 7) is 3.23. The van der Waals surface area contributed by atoms with Gasteiger partial charge in [-0.05, 0) is 6.42 Å². The molecule has 0 saturated heterocycles. The molecule has 0 atom stereocenters. The molecule has 3 N–H and O–H groups in total. The zero-order valence-corrected chi connectivity index (χ0v) is 11.3. The van der Waals surface area contributed by atoms with Crippen molar-refractivity contribution in [1.29, 1.82) is 0 Å². The van der Waals surface area contributed by atoms with Crippen LogP contribution in [0.2, 0.25) is 0 Å². The van der Waals surface area contributed by atoms with Crippen LogP contribution in [0.1, 0.15) is 17.0 Å². The fraction of sp³-hybridized carbons (Fsp3) is 0.636. The number of methoxy groups -OCH3 is 1. The van der Waals surface area contributed by atoms with E-state index in [0.29, 0.717) is 31.4 Å². The lowest BCUT2D eigenvalue weighted by atomic mass is 10.4. The molecule has 2 rings (SSSR count). The summed E-state index contributed by atoms with van der Waals surface area (Å²) >= 11 is 1.51. The van der Waals surface area contributed by atoms with Crippen molar-refractivity contribution in [3.05, 3.63) is 10.6 Å². The van der Waals surface area contributed by atoms with Gasteiger partial charge in [0.1, 0.15) is 0 Å². The molecule has 6 nitrogen and oxygen atoms in total. The number of anilines is 1. The number of fused-ring (bicyclic) bond motifs is 1. The molecule has 0 aliphatic carbocycles. The predicted molar refractivity (Wildman–Crippen MR) is 70.1 cm³/mol. The number of carbonyl (C=O) groups is 1. The van der Waals surface area contributed by atoms with Crippen molar-refractivity contribution in [3.63, 3.8) is 0 Å². The van der Waals surface area contributed by atoms with Gasteiger partial charge in [-0.15, -0.1) is 11.3 Å². The second-order valence-electron chi connectivity index (χ2n) is 4.26. The smallest absolute Gasteiger partial charge is 0.234 e. The minimum atomic E-state index is 0.0502. The second-order valence-corrected chi connectivity index (χ2v) is 5.38. The minimum absolute atomic E-state index is 0.0502. The van der Waals surface area contributed by atoms with E-state index in [-0.39, 0.29) is 5.91 Å². The van der Waals surface area contributed by atoms with E-state index in [0.717, 1.165) is 18.7 Å². The number of rotatable bonds is 6. The molecule has 2 heterocycles. The number of nitrogens with two attached hydrogens (primary N) is 1. The van der Waals surface area contributed by atoms with Crippen LogP contribution < -0.4 is 11.1 Å². The molecule has 0 bridgehead atoms. The van der Waals surface area contributed by atoms with Crippen LogP contribution in [0.3, 0.4) is 0 Å². The van der Waals surface area contributed by atoms with Gasteiger partial charge in [-0.2, -0.15) is 0 Å². The molecule has 0 fully saturated rings. The Balaban J connectivity index is 1.69. The fourth-order valence-corrected chi connectivity index (χ4v) is 2.82. The number of amides is 1. The lowest BCUT2D eigenvalue weighted by Gasteiger charge is -2.14. The minimum Gasteiger partial charge on any atom is -0.385 e. The van der Waals surface area contributed by atoms with Crippen molar-refractivity contribution in [1.82, 2.24) is 15.2 Å². The standard InChI is InChI=1S/C11H18N4O2S/c1-17-4-2-3-13-10(16)7-15-5-8-9(6-15)18-11(12)14-8/h2-7H2,1H3,(H2,12,14)(H,13,16). The predicted octanol–water partition coefficient (Wildman–Crippen LogP) is 0.194. The topological polar surface area (TPSA) is 80.5 Å². The summed E-state index contributed by atoms with van der Waals surface area (Å²) in [6, 6.07) is 0. The van der Waals surface area contributed by atoms with Crippen LogP contribution in [0, 0.1) is 0 Å². The van der Waals surface area contributed by atoms with Gasteiger partial charge in [0, 0.05) is 38.2 Å². The largest absolute Gasteiger partial charge is 0.385 e. The Kier molecular flexibility index (Phi) is 4.51. The molecule has 7 heteroatoms. The zero-order chi connectivity index (χ0) is 13.0. The molecule has 0 aromatic carbocycles. The summed E-state index contributed by atoms with van der Waals surface area (Å²) in [5, 5.41) is 3.49. The first-order valence-corrected chi connectivity index (χ1v) is 6.72. The Hall–Kier alpha value is -1.18. The molecule has 0 radical (unpaired) electrons. The monoisotopic (exact) mass is 270 g/mol. The zero-order valence-electron chi connectivity index (χ0n) is 10.4. The van der Waals surface area contributed by atoms with Gasteiger partial charge in [0.25, 0.3) is 0 Å². The van der Waals surface area contributed by atoms with Crippen molar-refractivity contribution < 1.29 is 9.53 Å². The summed E-state index contributed by atoms with van der Waals surface area (Å²) in [5.41, 5.74) is 6.65. The van der Waals surface area contributed by atoms with Gasteiger partial charge in [0.15, 0.2) is 5.13 Å².